The number of rotatable bonds is 3. The summed E-state index contributed by atoms with van der Waals surface area (Å²) < 4.78 is 20.8. The molecule has 2 aliphatic heterocycles. The van der Waals surface area contributed by atoms with E-state index in [2.05, 4.69) is 0 Å². The number of fused-ring (bicyclic) bond motifs is 1. The maximum Gasteiger partial charge on any atom is 0.146 e. The van der Waals surface area contributed by atoms with Crippen LogP contribution in [0.2, 0.25) is 0 Å². The van der Waals surface area contributed by atoms with Gasteiger partial charge in [-0.3, -0.25) is 0 Å². The Morgan fingerprint density at radius 1 is 1.31 bits per heavy atom. The molecule has 13 heavy (non-hydrogen) atoms. The lowest BCUT2D eigenvalue weighted by Gasteiger charge is -2.15. The van der Waals surface area contributed by atoms with E-state index < -0.39 is 6.10 Å². The van der Waals surface area contributed by atoms with E-state index in [4.69, 9.17) is 18.9 Å². The normalized spacial score (nSPS) is 43.8. The van der Waals surface area contributed by atoms with Crippen molar-refractivity contribution >= 4 is 0 Å². The van der Waals surface area contributed by atoms with Crippen LogP contribution in [-0.4, -0.2) is 56.6 Å². The van der Waals surface area contributed by atoms with Crippen LogP contribution in [0.1, 0.15) is 0 Å². The van der Waals surface area contributed by atoms with E-state index in [1.54, 1.807) is 7.11 Å². The second kappa shape index (κ2) is 3.89. The molecule has 0 saturated carbocycles. The minimum Gasteiger partial charge on any atom is -0.388 e. The van der Waals surface area contributed by atoms with Gasteiger partial charge in [-0.25, -0.2) is 0 Å². The van der Waals surface area contributed by atoms with Gasteiger partial charge in [0, 0.05) is 7.11 Å². The summed E-state index contributed by atoms with van der Waals surface area (Å²) in [5.41, 5.74) is 0. The van der Waals surface area contributed by atoms with Crippen LogP contribution in [0.3, 0.4) is 0 Å². The number of aliphatic hydroxyl groups is 1. The first kappa shape index (κ1) is 9.36. The Morgan fingerprint density at radius 2 is 2.08 bits per heavy atom. The van der Waals surface area contributed by atoms with Gasteiger partial charge in [-0.1, -0.05) is 0 Å². The van der Waals surface area contributed by atoms with Gasteiger partial charge in [0.05, 0.1) is 13.2 Å². The van der Waals surface area contributed by atoms with Crippen LogP contribution in [0.4, 0.5) is 0 Å². The third-order valence-electron chi connectivity index (χ3n) is 2.38. The van der Waals surface area contributed by atoms with E-state index in [-0.39, 0.29) is 25.1 Å². The topological polar surface area (TPSA) is 57.2 Å². The highest BCUT2D eigenvalue weighted by Crippen LogP contribution is 2.28. The van der Waals surface area contributed by atoms with Crippen molar-refractivity contribution in [2.75, 3.05) is 27.1 Å². The lowest BCUT2D eigenvalue weighted by Crippen LogP contribution is -2.33. The first-order valence-electron chi connectivity index (χ1n) is 4.34. The second-order valence-corrected chi connectivity index (χ2v) is 3.27. The molecule has 1 N–H and O–H groups in total. The van der Waals surface area contributed by atoms with E-state index >= 15 is 0 Å². The van der Waals surface area contributed by atoms with Gasteiger partial charge in [-0.15, -0.1) is 0 Å². The zero-order chi connectivity index (χ0) is 9.26. The smallest absolute Gasteiger partial charge is 0.146 e. The average molecular weight is 190 g/mol. The van der Waals surface area contributed by atoms with Crippen molar-refractivity contribution < 1.29 is 24.1 Å². The van der Waals surface area contributed by atoms with Crippen LogP contribution >= 0.6 is 0 Å². The molecular formula is C8H14O5. The lowest BCUT2D eigenvalue weighted by molar-refractivity contribution is -0.106. The number of methoxy groups -OCH3 is 1. The van der Waals surface area contributed by atoms with Crippen LogP contribution in [0.25, 0.3) is 0 Å². The summed E-state index contributed by atoms with van der Waals surface area (Å²) in [7, 11) is 1.57. The standard InChI is InChI=1S/C8H14O5/c1-10-4-13-6-3-12-7-5(9)2-11-8(6)7/h5-9H,2-4H2,1H3/t5-,6+,7+,8+/m0/s1. The summed E-state index contributed by atoms with van der Waals surface area (Å²) >= 11 is 0. The summed E-state index contributed by atoms with van der Waals surface area (Å²) in [6.45, 7) is 1.04. The number of hydrogen-bond donors (Lipinski definition) is 1. The minimum atomic E-state index is -0.513. The fourth-order valence-corrected chi connectivity index (χ4v) is 1.74. The highest BCUT2D eigenvalue weighted by Gasteiger charge is 2.47. The van der Waals surface area contributed by atoms with Crippen molar-refractivity contribution in [1.29, 1.82) is 0 Å². The molecule has 0 bridgehead atoms. The van der Waals surface area contributed by atoms with Crippen molar-refractivity contribution in [3.05, 3.63) is 0 Å². The van der Waals surface area contributed by atoms with Crippen molar-refractivity contribution in [3.63, 3.8) is 0 Å². The molecule has 0 aromatic heterocycles. The second-order valence-electron chi connectivity index (χ2n) is 3.27. The monoisotopic (exact) mass is 190 g/mol. The Bertz CT molecular complexity index is 174. The predicted molar refractivity (Wildman–Crippen MR) is 42.2 cm³/mol. The molecule has 0 aromatic carbocycles. The maximum atomic E-state index is 9.41. The van der Waals surface area contributed by atoms with E-state index in [0.717, 1.165) is 0 Å². The van der Waals surface area contributed by atoms with Crippen molar-refractivity contribution in [2.45, 2.75) is 24.4 Å². The molecule has 2 saturated heterocycles. The van der Waals surface area contributed by atoms with Gasteiger partial charge in [0.25, 0.3) is 0 Å². The molecule has 2 fully saturated rings. The van der Waals surface area contributed by atoms with Crippen molar-refractivity contribution in [3.8, 4) is 0 Å². The summed E-state index contributed by atoms with van der Waals surface area (Å²) in [6.07, 6.45) is -0.977. The van der Waals surface area contributed by atoms with E-state index in [0.29, 0.717) is 13.2 Å². The van der Waals surface area contributed by atoms with Crippen molar-refractivity contribution in [2.24, 2.45) is 0 Å². The molecule has 2 rings (SSSR count). The fraction of sp³-hybridized carbons (Fsp3) is 1.00. The third kappa shape index (κ3) is 1.70. The molecule has 0 aliphatic carbocycles. The van der Waals surface area contributed by atoms with Crippen LogP contribution in [0.5, 0.6) is 0 Å². The summed E-state index contributed by atoms with van der Waals surface area (Å²) in [5.74, 6) is 0. The fourth-order valence-electron chi connectivity index (χ4n) is 1.74. The van der Waals surface area contributed by atoms with E-state index in [1.807, 2.05) is 0 Å². The molecule has 2 heterocycles. The largest absolute Gasteiger partial charge is 0.388 e. The Labute approximate surface area is 76.5 Å². The molecule has 4 atom stereocenters. The number of hydrogen-bond acceptors (Lipinski definition) is 5. The average Bonchev–Trinajstić information content (AvgIpc) is 2.67. The molecule has 2 aliphatic rings. The van der Waals surface area contributed by atoms with Gasteiger partial charge in [-0.05, 0) is 0 Å². The molecule has 5 nitrogen and oxygen atoms in total. The van der Waals surface area contributed by atoms with Gasteiger partial charge in [-0.2, -0.15) is 0 Å². The van der Waals surface area contributed by atoms with Crippen LogP contribution in [0, 0.1) is 0 Å². The van der Waals surface area contributed by atoms with Crippen LogP contribution in [0.15, 0.2) is 0 Å². The summed E-state index contributed by atoms with van der Waals surface area (Å²) in [4.78, 5) is 0. The molecule has 76 valence electrons. The quantitative estimate of drug-likeness (QED) is 0.586. The van der Waals surface area contributed by atoms with E-state index in [1.165, 1.54) is 0 Å². The zero-order valence-corrected chi connectivity index (χ0v) is 7.51. The highest BCUT2D eigenvalue weighted by atomic mass is 16.7. The Balaban J connectivity index is 1.87. The highest BCUT2D eigenvalue weighted by molar-refractivity contribution is 4.94. The van der Waals surface area contributed by atoms with Crippen LogP contribution < -0.4 is 0 Å². The lowest BCUT2D eigenvalue weighted by atomic mass is 10.1. The van der Waals surface area contributed by atoms with Gasteiger partial charge in [0.1, 0.15) is 31.2 Å². The minimum absolute atomic E-state index is 0.109. The first-order chi connectivity index (χ1) is 6.33. The summed E-state index contributed by atoms with van der Waals surface area (Å²) in [6, 6.07) is 0. The summed E-state index contributed by atoms with van der Waals surface area (Å²) in [5, 5.41) is 9.41. The predicted octanol–water partition coefficient (Wildman–Crippen LogP) is -0.866. The number of ether oxygens (including phenoxy) is 4. The number of aliphatic hydroxyl groups excluding tert-OH is 1. The van der Waals surface area contributed by atoms with Crippen LogP contribution in [-0.2, 0) is 18.9 Å². The third-order valence-corrected chi connectivity index (χ3v) is 2.38. The molecule has 5 heteroatoms. The van der Waals surface area contributed by atoms with Gasteiger partial charge in [0.2, 0.25) is 0 Å². The van der Waals surface area contributed by atoms with Crippen molar-refractivity contribution in [1.82, 2.24) is 0 Å². The first-order valence-corrected chi connectivity index (χ1v) is 4.34. The van der Waals surface area contributed by atoms with E-state index in [9.17, 15) is 5.11 Å². The Morgan fingerprint density at radius 3 is 2.85 bits per heavy atom. The molecular weight excluding hydrogens is 176 g/mol. The zero-order valence-electron chi connectivity index (χ0n) is 7.51. The molecule has 0 spiro atoms. The Kier molecular flexibility index (Phi) is 2.80. The Hall–Kier alpha value is -0.200. The molecule has 0 amide bonds. The molecule has 0 unspecified atom stereocenters. The SMILES string of the molecule is COCO[C@@H]1CO[C@H]2[C@@H]1OC[C@@H]2O. The van der Waals surface area contributed by atoms with Gasteiger partial charge >= 0.3 is 0 Å². The van der Waals surface area contributed by atoms with Gasteiger partial charge in [0.15, 0.2) is 0 Å². The van der Waals surface area contributed by atoms with Gasteiger partial charge < -0.3 is 24.1 Å². The molecule has 0 radical (unpaired) electrons. The maximum absolute atomic E-state index is 9.41. The molecule has 0 aromatic rings.